The van der Waals surface area contributed by atoms with Gasteiger partial charge in [0.25, 0.3) is 0 Å². The van der Waals surface area contributed by atoms with Crippen LogP contribution in [0.25, 0.3) is 0 Å². The molecule has 0 saturated carbocycles. The van der Waals surface area contributed by atoms with Gasteiger partial charge in [0.05, 0.1) is 5.02 Å². The number of hydrogen-bond donors (Lipinski definition) is 2. The number of halogens is 1. The Morgan fingerprint density at radius 1 is 1.36 bits per heavy atom. The Morgan fingerprint density at radius 3 is 2.55 bits per heavy atom. The Hall–Kier alpha value is -0.890. The first-order valence-corrected chi connectivity index (χ1v) is 3.74. The third kappa shape index (κ3) is 1.40. The Balaban J connectivity index is 3.25. The first-order valence-electron chi connectivity index (χ1n) is 3.36. The standard InChI is InChI=1S/C8H9ClO2/c1-2-5-3-4-6(10)8(11)7(5)9/h3-4,10-11H,2H2,1H3. The van der Waals surface area contributed by atoms with Crippen LogP contribution < -0.4 is 0 Å². The zero-order valence-corrected chi connectivity index (χ0v) is 6.89. The fraction of sp³-hybridized carbons (Fsp3) is 0.250. The minimum atomic E-state index is -0.231. The number of benzene rings is 1. The maximum absolute atomic E-state index is 9.14. The SMILES string of the molecule is CCc1ccc(O)c(O)c1Cl. The van der Waals surface area contributed by atoms with Crippen LogP contribution in [0.15, 0.2) is 12.1 Å². The fourth-order valence-corrected chi connectivity index (χ4v) is 1.16. The van der Waals surface area contributed by atoms with Crippen LogP contribution >= 0.6 is 11.6 Å². The van der Waals surface area contributed by atoms with E-state index in [-0.39, 0.29) is 16.5 Å². The predicted octanol–water partition coefficient (Wildman–Crippen LogP) is 2.31. The second kappa shape index (κ2) is 3.01. The summed E-state index contributed by atoms with van der Waals surface area (Å²) in [6, 6.07) is 3.12. The first-order chi connectivity index (χ1) is 5.16. The molecule has 0 fully saturated rings. The Kier molecular flexibility index (Phi) is 2.25. The van der Waals surface area contributed by atoms with E-state index < -0.39 is 0 Å². The van der Waals surface area contributed by atoms with Crippen molar-refractivity contribution in [2.24, 2.45) is 0 Å². The molecule has 0 aromatic heterocycles. The molecular formula is C8H9ClO2. The van der Waals surface area contributed by atoms with Crippen LogP contribution in [-0.4, -0.2) is 10.2 Å². The van der Waals surface area contributed by atoms with Crippen LogP contribution in [0, 0.1) is 0 Å². The van der Waals surface area contributed by atoms with Crippen LogP contribution in [0.5, 0.6) is 11.5 Å². The summed E-state index contributed by atoms with van der Waals surface area (Å²) in [7, 11) is 0. The van der Waals surface area contributed by atoms with Gasteiger partial charge in [0, 0.05) is 0 Å². The highest BCUT2D eigenvalue weighted by Crippen LogP contribution is 2.35. The maximum atomic E-state index is 9.14. The van der Waals surface area contributed by atoms with Crippen molar-refractivity contribution < 1.29 is 10.2 Å². The maximum Gasteiger partial charge on any atom is 0.176 e. The van der Waals surface area contributed by atoms with Gasteiger partial charge in [-0.3, -0.25) is 0 Å². The number of phenolic OH excluding ortho intramolecular Hbond substituents is 2. The molecule has 0 spiro atoms. The van der Waals surface area contributed by atoms with E-state index in [1.54, 1.807) is 6.07 Å². The van der Waals surface area contributed by atoms with Crippen LogP contribution in [0.1, 0.15) is 12.5 Å². The average Bonchev–Trinajstić information content (AvgIpc) is 2.01. The van der Waals surface area contributed by atoms with E-state index in [1.165, 1.54) is 6.07 Å². The second-order valence-electron chi connectivity index (χ2n) is 2.26. The van der Waals surface area contributed by atoms with E-state index in [9.17, 15) is 0 Å². The van der Waals surface area contributed by atoms with Gasteiger partial charge < -0.3 is 10.2 Å². The Labute approximate surface area is 70.1 Å². The second-order valence-corrected chi connectivity index (χ2v) is 2.64. The van der Waals surface area contributed by atoms with Crippen molar-refractivity contribution in [3.63, 3.8) is 0 Å². The van der Waals surface area contributed by atoms with Crippen LogP contribution in [0.3, 0.4) is 0 Å². The van der Waals surface area contributed by atoms with Crippen molar-refractivity contribution in [2.45, 2.75) is 13.3 Å². The quantitative estimate of drug-likeness (QED) is 0.639. The van der Waals surface area contributed by atoms with E-state index in [0.29, 0.717) is 0 Å². The van der Waals surface area contributed by atoms with Gasteiger partial charge in [0.15, 0.2) is 11.5 Å². The van der Waals surface area contributed by atoms with Crippen LogP contribution in [0.2, 0.25) is 5.02 Å². The minimum absolute atomic E-state index is 0.174. The summed E-state index contributed by atoms with van der Waals surface area (Å²) < 4.78 is 0. The molecule has 0 radical (unpaired) electrons. The molecular weight excluding hydrogens is 164 g/mol. The molecule has 0 aliphatic rings. The lowest BCUT2D eigenvalue weighted by molar-refractivity contribution is 0.403. The molecule has 0 aliphatic carbocycles. The summed E-state index contributed by atoms with van der Waals surface area (Å²) in [5, 5.41) is 18.4. The number of aryl methyl sites for hydroxylation is 1. The first kappa shape index (κ1) is 8.21. The van der Waals surface area contributed by atoms with E-state index in [0.717, 1.165) is 12.0 Å². The highest BCUT2D eigenvalue weighted by atomic mass is 35.5. The van der Waals surface area contributed by atoms with E-state index in [4.69, 9.17) is 21.8 Å². The minimum Gasteiger partial charge on any atom is -0.504 e. The summed E-state index contributed by atoms with van der Waals surface area (Å²) in [6.45, 7) is 1.93. The van der Waals surface area contributed by atoms with Gasteiger partial charge in [-0.2, -0.15) is 0 Å². The van der Waals surface area contributed by atoms with Crippen molar-refractivity contribution in [2.75, 3.05) is 0 Å². The summed E-state index contributed by atoms with van der Waals surface area (Å²) in [5.41, 5.74) is 0.835. The van der Waals surface area contributed by atoms with Crippen molar-refractivity contribution in [3.8, 4) is 11.5 Å². The number of aromatic hydroxyl groups is 2. The largest absolute Gasteiger partial charge is 0.504 e. The molecule has 1 aromatic carbocycles. The number of hydrogen-bond acceptors (Lipinski definition) is 2. The molecule has 0 atom stereocenters. The molecule has 0 saturated heterocycles. The normalized spacial score (nSPS) is 10.0. The van der Waals surface area contributed by atoms with Gasteiger partial charge in [0.1, 0.15) is 0 Å². The monoisotopic (exact) mass is 172 g/mol. The van der Waals surface area contributed by atoms with E-state index in [2.05, 4.69) is 0 Å². The number of phenols is 2. The van der Waals surface area contributed by atoms with Crippen LogP contribution in [0.4, 0.5) is 0 Å². The van der Waals surface area contributed by atoms with Crippen molar-refractivity contribution >= 4 is 11.6 Å². The van der Waals surface area contributed by atoms with E-state index in [1.807, 2.05) is 6.92 Å². The van der Waals surface area contributed by atoms with Gasteiger partial charge in [-0.25, -0.2) is 0 Å². The van der Waals surface area contributed by atoms with Crippen molar-refractivity contribution in [3.05, 3.63) is 22.7 Å². The zero-order valence-electron chi connectivity index (χ0n) is 6.13. The molecule has 3 heteroatoms. The molecule has 0 aliphatic heterocycles. The summed E-state index contributed by atoms with van der Waals surface area (Å²) in [6.07, 6.45) is 0.743. The van der Waals surface area contributed by atoms with Crippen molar-refractivity contribution in [1.82, 2.24) is 0 Å². The lowest BCUT2D eigenvalue weighted by Gasteiger charge is -2.03. The highest BCUT2D eigenvalue weighted by molar-refractivity contribution is 6.33. The third-order valence-corrected chi connectivity index (χ3v) is 1.98. The third-order valence-electron chi connectivity index (χ3n) is 1.56. The number of rotatable bonds is 1. The zero-order chi connectivity index (χ0) is 8.43. The highest BCUT2D eigenvalue weighted by Gasteiger charge is 2.07. The Bertz CT molecular complexity index is 271. The molecule has 1 rings (SSSR count). The van der Waals surface area contributed by atoms with Gasteiger partial charge in [0.2, 0.25) is 0 Å². The predicted molar refractivity (Wildman–Crippen MR) is 44.2 cm³/mol. The molecule has 0 heterocycles. The molecule has 2 N–H and O–H groups in total. The molecule has 0 unspecified atom stereocenters. The van der Waals surface area contributed by atoms with Gasteiger partial charge in [-0.05, 0) is 18.1 Å². The molecule has 1 aromatic rings. The Morgan fingerprint density at radius 2 is 2.00 bits per heavy atom. The van der Waals surface area contributed by atoms with Crippen LogP contribution in [-0.2, 0) is 6.42 Å². The summed E-state index contributed by atoms with van der Waals surface area (Å²) in [5.74, 6) is -0.404. The smallest absolute Gasteiger partial charge is 0.176 e. The lowest BCUT2D eigenvalue weighted by Crippen LogP contribution is -1.82. The summed E-state index contributed by atoms with van der Waals surface area (Å²) in [4.78, 5) is 0. The molecule has 0 amide bonds. The van der Waals surface area contributed by atoms with Crippen molar-refractivity contribution in [1.29, 1.82) is 0 Å². The topological polar surface area (TPSA) is 40.5 Å². The van der Waals surface area contributed by atoms with Gasteiger partial charge in [-0.15, -0.1) is 0 Å². The van der Waals surface area contributed by atoms with Gasteiger partial charge in [-0.1, -0.05) is 24.6 Å². The lowest BCUT2D eigenvalue weighted by atomic mass is 10.1. The molecule has 60 valence electrons. The molecule has 0 bridgehead atoms. The van der Waals surface area contributed by atoms with E-state index >= 15 is 0 Å². The molecule has 11 heavy (non-hydrogen) atoms. The fourth-order valence-electron chi connectivity index (χ4n) is 0.869. The summed E-state index contributed by atoms with van der Waals surface area (Å²) >= 11 is 5.69. The van der Waals surface area contributed by atoms with Gasteiger partial charge >= 0.3 is 0 Å². The molecule has 2 nitrogen and oxygen atoms in total. The average molecular weight is 173 g/mol.